The Balaban J connectivity index is 1.76. The van der Waals surface area contributed by atoms with Gasteiger partial charge in [0.05, 0.1) is 12.0 Å². The Morgan fingerprint density at radius 2 is 2.15 bits per heavy atom. The lowest BCUT2D eigenvalue weighted by atomic mass is 9.93. The minimum Gasteiger partial charge on any atom is -0.341 e. The maximum absolute atomic E-state index is 12.7. The molecule has 6 heteroatoms. The molecule has 0 spiro atoms. The molecule has 2 atom stereocenters. The molecule has 3 rings (SSSR count). The first kappa shape index (κ1) is 14.4. The van der Waals surface area contributed by atoms with Crippen LogP contribution in [-0.2, 0) is 4.79 Å². The molecule has 4 nitrogen and oxygen atoms in total. The smallest absolute Gasteiger partial charge is 0.229 e. The fourth-order valence-electron chi connectivity index (χ4n) is 2.76. The van der Waals surface area contributed by atoms with Crippen molar-refractivity contribution in [1.82, 2.24) is 15.8 Å². The van der Waals surface area contributed by atoms with Crippen LogP contribution < -0.4 is 10.9 Å². The van der Waals surface area contributed by atoms with Gasteiger partial charge in [0.2, 0.25) is 5.91 Å². The number of halogens is 1. The molecule has 2 heterocycles. The highest BCUT2D eigenvalue weighted by atomic mass is 79.9. The van der Waals surface area contributed by atoms with E-state index in [4.69, 9.17) is 0 Å². The average molecular weight is 356 g/mol. The topological polar surface area (TPSA) is 44.4 Å². The van der Waals surface area contributed by atoms with Gasteiger partial charge in [-0.3, -0.25) is 10.2 Å². The lowest BCUT2D eigenvalue weighted by molar-refractivity contribution is -0.135. The van der Waals surface area contributed by atoms with E-state index in [-0.39, 0.29) is 17.9 Å². The van der Waals surface area contributed by atoms with Gasteiger partial charge in [-0.15, -0.1) is 0 Å². The summed E-state index contributed by atoms with van der Waals surface area (Å²) in [5, 5.41) is 0. The van der Waals surface area contributed by atoms with Crippen molar-refractivity contribution in [2.24, 2.45) is 5.92 Å². The van der Waals surface area contributed by atoms with Crippen LogP contribution in [-0.4, -0.2) is 41.9 Å². The number of hydrogen-bond acceptors (Lipinski definition) is 4. The monoisotopic (exact) mass is 355 g/mol. The summed E-state index contributed by atoms with van der Waals surface area (Å²) < 4.78 is 1.05. The molecule has 2 N–H and O–H groups in total. The number of rotatable bonds is 2. The summed E-state index contributed by atoms with van der Waals surface area (Å²) in [4.78, 5) is 14.7. The standard InChI is InChI=1S/C14H18BrN3OS/c15-11-3-1-2-10(8-11)13-12(9-16-17-13)14(19)18-4-6-20-7-5-18/h1-3,8,12-13,16-17H,4-7,9H2. The first-order valence-electron chi connectivity index (χ1n) is 6.86. The van der Waals surface area contributed by atoms with Crippen molar-refractivity contribution in [3.63, 3.8) is 0 Å². The molecule has 1 aromatic rings. The minimum atomic E-state index is -0.0209. The van der Waals surface area contributed by atoms with Crippen molar-refractivity contribution in [3.8, 4) is 0 Å². The van der Waals surface area contributed by atoms with E-state index in [1.807, 2.05) is 28.8 Å². The number of carbonyl (C=O) groups excluding carboxylic acids is 1. The Morgan fingerprint density at radius 3 is 2.90 bits per heavy atom. The number of carbonyl (C=O) groups is 1. The Kier molecular flexibility index (Phi) is 4.65. The molecule has 0 radical (unpaired) electrons. The summed E-state index contributed by atoms with van der Waals surface area (Å²) in [6.45, 7) is 2.45. The first-order chi connectivity index (χ1) is 9.75. The fourth-order valence-corrected chi connectivity index (χ4v) is 4.08. The molecular formula is C14H18BrN3OS. The largest absolute Gasteiger partial charge is 0.341 e. The van der Waals surface area contributed by atoms with Gasteiger partial charge in [-0.2, -0.15) is 11.8 Å². The summed E-state index contributed by atoms with van der Waals surface area (Å²) in [6.07, 6.45) is 0. The maximum atomic E-state index is 12.7. The third-order valence-electron chi connectivity index (χ3n) is 3.83. The van der Waals surface area contributed by atoms with Crippen molar-refractivity contribution in [1.29, 1.82) is 0 Å². The summed E-state index contributed by atoms with van der Waals surface area (Å²) >= 11 is 5.42. The van der Waals surface area contributed by atoms with Crippen molar-refractivity contribution in [3.05, 3.63) is 34.3 Å². The van der Waals surface area contributed by atoms with E-state index in [0.717, 1.165) is 34.6 Å². The predicted molar refractivity (Wildman–Crippen MR) is 85.4 cm³/mol. The van der Waals surface area contributed by atoms with Crippen LogP contribution >= 0.6 is 27.7 Å². The zero-order chi connectivity index (χ0) is 13.9. The minimum absolute atomic E-state index is 0.0209. The molecule has 0 saturated carbocycles. The molecule has 2 fully saturated rings. The molecule has 2 aliphatic heterocycles. The van der Waals surface area contributed by atoms with Crippen LogP contribution in [0.25, 0.3) is 0 Å². The normalized spacial score (nSPS) is 26.8. The summed E-state index contributed by atoms with van der Waals surface area (Å²) in [6, 6.07) is 8.22. The van der Waals surface area contributed by atoms with Gasteiger partial charge in [-0.25, -0.2) is 5.43 Å². The van der Waals surface area contributed by atoms with Gasteiger partial charge < -0.3 is 4.90 Å². The highest BCUT2D eigenvalue weighted by molar-refractivity contribution is 9.10. The van der Waals surface area contributed by atoms with Gasteiger partial charge in [-0.1, -0.05) is 28.1 Å². The molecule has 2 aliphatic rings. The number of amides is 1. The molecule has 20 heavy (non-hydrogen) atoms. The molecule has 2 unspecified atom stereocenters. The van der Waals surface area contributed by atoms with E-state index in [0.29, 0.717) is 6.54 Å². The number of hydrazine groups is 1. The van der Waals surface area contributed by atoms with Gasteiger partial charge in [-0.05, 0) is 17.7 Å². The molecule has 1 aromatic carbocycles. The van der Waals surface area contributed by atoms with Gasteiger partial charge in [0, 0.05) is 35.6 Å². The van der Waals surface area contributed by atoms with Crippen LogP contribution in [0.4, 0.5) is 0 Å². The number of hydrogen-bond donors (Lipinski definition) is 2. The second-order valence-electron chi connectivity index (χ2n) is 5.10. The molecule has 0 aliphatic carbocycles. The van der Waals surface area contributed by atoms with Crippen molar-refractivity contribution in [2.45, 2.75) is 6.04 Å². The van der Waals surface area contributed by atoms with Crippen LogP contribution in [0.1, 0.15) is 11.6 Å². The summed E-state index contributed by atoms with van der Waals surface area (Å²) in [5.41, 5.74) is 7.54. The number of benzene rings is 1. The third-order valence-corrected chi connectivity index (χ3v) is 5.27. The van der Waals surface area contributed by atoms with E-state index in [9.17, 15) is 4.79 Å². The van der Waals surface area contributed by atoms with Crippen LogP contribution in [0.5, 0.6) is 0 Å². The van der Waals surface area contributed by atoms with E-state index in [1.54, 1.807) is 0 Å². The van der Waals surface area contributed by atoms with E-state index in [1.165, 1.54) is 0 Å². The van der Waals surface area contributed by atoms with Gasteiger partial charge in [0.1, 0.15) is 0 Å². The number of thioether (sulfide) groups is 1. The van der Waals surface area contributed by atoms with E-state index >= 15 is 0 Å². The highest BCUT2D eigenvalue weighted by Gasteiger charge is 2.36. The van der Waals surface area contributed by atoms with Crippen molar-refractivity contribution >= 4 is 33.6 Å². The van der Waals surface area contributed by atoms with Crippen molar-refractivity contribution < 1.29 is 4.79 Å². The van der Waals surface area contributed by atoms with E-state index < -0.39 is 0 Å². The molecule has 1 amide bonds. The zero-order valence-electron chi connectivity index (χ0n) is 11.1. The summed E-state index contributed by atoms with van der Waals surface area (Å²) in [7, 11) is 0. The second-order valence-corrected chi connectivity index (χ2v) is 7.24. The fraction of sp³-hybridized carbons (Fsp3) is 0.500. The first-order valence-corrected chi connectivity index (χ1v) is 8.81. The Morgan fingerprint density at radius 1 is 1.35 bits per heavy atom. The Labute approximate surface area is 131 Å². The zero-order valence-corrected chi connectivity index (χ0v) is 13.5. The van der Waals surface area contributed by atoms with Crippen LogP contribution in [0.2, 0.25) is 0 Å². The van der Waals surface area contributed by atoms with E-state index in [2.05, 4.69) is 38.9 Å². The van der Waals surface area contributed by atoms with Crippen LogP contribution in [0, 0.1) is 5.92 Å². The van der Waals surface area contributed by atoms with Gasteiger partial charge >= 0.3 is 0 Å². The maximum Gasteiger partial charge on any atom is 0.229 e. The molecule has 2 saturated heterocycles. The van der Waals surface area contributed by atoms with Crippen LogP contribution in [0.15, 0.2) is 28.7 Å². The predicted octanol–water partition coefficient (Wildman–Crippen LogP) is 1.79. The quantitative estimate of drug-likeness (QED) is 0.848. The summed E-state index contributed by atoms with van der Waals surface area (Å²) in [5.74, 6) is 2.36. The average Bonchev–Trinajstić information content (AvgIpc) is 2.97. The molecule has 0 bridgehead atoms. The van der Waals surface area contributed by atoms with Gasteiger partial charge in [0.25, 0.3) is 0 Å². The molecule has 108 valence electrons. The highest BCUT2D eigenvalue weighted by Crippen LogP contribution is 2.28. The van der Waals surface area contributed by atoms with Gasteiger partial charge in [0.15, 0.2) is 0 Å². The van der Waals surface area contributed by atoms with Crippen molar-refractivity contribution in [2.75, 3.05) is 31.1 Å². The number of nitrogens with one attached hydrogen (secondary N) is 2. The Hall–Kier alpha value is -0.560. The van der Waals surface area contributed by atoms with Crippen LogP contribution in [0.3, 0.4) is 0 Å². The lowest BCUT2D eigenvalue weighted by Crippen LogP contribution is -2.43. The third kappa shape index (κ3) is 3.03. The molecule has 0 aromatic heterocycles. The Bertz CT molecular complexity index is 493. The SMILES string of the molecule is O=C(C1CNNC1c1cccc(Br)c1)N1CCSCC1. The second kappa shape index (κ2) is 6.47. The number of nitrogens with zero attached hydrogens (tertiary/aromatic N) is 1. The lowest BCUT2D eigenvalue weighted by Gasteiger charge is -2.30. The molecular weight excluding hydrogens is 338 g/mol.